The number of halogens is 5. The average Bonchev–Trinajstić information content (AvgIpc) is 2.55. The van der Waals surface area contributed by atoms with Gasteiger partial charge in [0.25, 0.3) is 0 Å². The van der Waals surface area contributed by atoms with Crippen molar-refractivity contribution in [3.8, 4) is 0 Å². The largest absolute Gasteiger partial charge is 0.411 e. The number of hydrogen-bond donors (Lipinski definition) is 0. The van der Waals surface area contributed by atoms with Gasteiger partial charge in [0.1, 0.15) is 11.4 Å². The monoisotopic (exact) mass is 367 g/mol. The van der Waals surface area contributed by atoms with Gasteiger partial charge in [-0.15, -0.1) is 0 Å². The Morgan fingerprint density at radius 2 is 2.05 bits per heavy atom. The summed E-state index contributed by atoms with van der Waals surface area (Å²) in [6, 6.07) is 3.89. The molecule has 1 heterocycles. The molecule has 0 fully saturated rings. The van der Waals surface area contributed by atoms with Gasteiger partial charge in [-0.1, -0.05) is 22.0 Å². The third-order valence-corrected chi connectivity index (χ3v) is 4.48. The van der Waals surface area contributed by atoms with E-state index in [-0.39, 0.29) is 24.7 Å². The molecule has 1 atom stereocenters. The lowest BCUT2D eigenvalue weighted by Crippen LogP contribution is -2.58. The van der Waals surface area contributed by atoms with Gasteiger partial charge in [-0.25, -0.2) is 4.39 Å². The van der Waals surface area contributed by atoms with Crippen LogP contribution in [0.5, 0.6) is 0 Å². The van der Waals surface area contributed by atoms with Gasteiger partial charge in [0.2, 0.25) is 5.91 Å². The second-order valence-electron chi connectivity index (χ2n) is 5.30. The summed E-state index contributed by atoms with van der Waals surface area (Å²) in [6.07, 6.45) is -4.76. The number of nitrogens with zero attached hydrogens (tertiary/aromatic N) is 1. The van der Waals surface area contributed by atoms with Crippen LogP contribution in [0, 0.1) is 5.82 Å². The number of aryl methyl sites for hydroxylation is 1. The van der Waals surface area contributed by atoms with Crippen LogP contribution in [0.2, 0.25) is 0 Å². The number of rotatable bonds is 1. The van der Waals surface area contributed by atoms with Crippen molar-refractivity contribution in [1.82, 2.24) is 4.90 Å². The van der Waals surface area contributed by atoms with Gasteiger partial charge in [0.05, 0.1) is 5.33 Å². The fourth-order valence-electron chi connectivity index (χ4n) is 2.57. The maximum Gasteiger partial charge on any atom is 0.411 e. The summed E-state index contributed by atoms with van der Waals surface area (Å²) in [7, 11) is 0. The van der Waals surface area contributed by atoms with Crippen molar-refractivity contribution < 1.29 is 22.4 Å². The van der Waals surface area contributed by atoms with Gasteiger partial charge in [0.15, 0.2) is 0 Å². The average molecular weight is 368 g/mol. The molecule has 0 saturated heterocycles. The first-order valence-electron chi connectivity index (χ1n) is 6.39. The molecule has 0 unspecified atom stereocenters. The zero-order valence-corrected chi connectivity index (χ0v) is 12.9. The molecule has 1 aromatic rings. The van der Waals surface area contributed by atoms with Gasteiger partial charge in [0, 0.05) is 6.54 Å². The van der Waals surface area contributed by atoms with Gasteiger partial charge < -0.3 is 4.90 Å². The van der Waals surface area contributed by atoms with E-state index in [1.165, 1.54) is 18.2 Å². The molecule has 0 aromatic heterocycles. The number of carbonyl (C=O) groups excluding carboxylic acids is 1. The van der Waals surface area contributed by atoms with Gasteiger partial charge in [-0.05, 0) is 43.0 Å². The molecule has 1 aliphatic heterocycles. The highest BCUT2D eigenvalue weighted by Crippen LogP contribution is 2.42. The molecule has 0 saturated carbocycles. The van der Waals surface area contributed by atoms with Gasteiger partial charge in [-0.3, -0.25) is 4.79 Å². The number of alkyl halides is 4. The molecule has 0 aliphatic carbocycles. The summed E-state index contributed by atoms with van der Waals surface area (Å²) in [5.74, 6) is -1.12. The summed E-state index contributed by atoms with van der Waals surface area (Å²) in [4.78, 5) is 12.8. The smallest absolute Gasteiger partial charge is 0.323 e. The second-order valence-corrected chi connectivity index (χ2v) is 5.86. The van der Waals surface area contributed by atoms with Crippen LogP contribution in [0.3, 0.4) is 0 Å². The molecular formula is C14H14BrF4NO. The zero-order valence-electron chi connectivity index (χ0n) is 11.3. The van der Waals surface area contributed by atoms with E-state index in [0.29, 0.717) is 11.1 Å². The molecule has 0 radical (unpaired) electrons. The summed E-state index contributed by atoms with van der Waals surface area (Å²) in [6.45, 7) is 0.853. The molecule has 2 nitrogen and oxygen atoms in total. The Balaban J connectivity index is 2.49. The van der Waals surface area contributed by atoms with E-state index < -0.39 is 23.4 Å². The normalized spacial score (nSPS) is 22.7. The molecule has 1 aromatic carbocycles. The van der Waals surface area contributed by atoms with E-state index in [1.807, 2.05) is 0 Å². The molecule has 0 bridgehead atoms. The second kappa shape index (κ2) is 5.59. The summed E-state index contributed by atoms with van der Waals surface area (Å²) < 4.78 is 53.7. The summed E-state index contributed by atoms with van der Waals surface area (Å²) in [5, 5.41) is -0.185. The maximum atomic E-state index is 13.5. The molecule has 2 rings (SSSR count). The van der Waals surface area contributed by atoms with Crippen molar-refractivity contribution in [3.63, 3.8) is 0 Å². The van der Waals surface area contributed by atoms with Crippen molar-refractivity contribution >= 4 is 21.8 Å². The highest BCUT2D eigenvalue weighted by atomic mass is 79.9. The van der Waals surface area contributed by atoms with Crippen LogP contribution in [-0.2, 0) is 17.8 Å². The molecule has 1 aliphatic rings. The van der Waals surface area contributed by atoms with E-state index in [1.54, 1.807) is 0 Å². The van der Waals surface area contributed by atoms with Gasteiger partial charge >= 0.3 is 6.18 Å². The first kappa shape index (κ1) is 16.3. The number of carbonyl (C=O) groups is 1. The number of fused-ring (bicyclic) bond motifs is 1. The van der Waals surface area contributed by atoms with Crippen LogP contribution < -0.4 is 0 Å². The standard InChI is InChI=1S/C14H14BrF4NO/c1-13(14(17,18)19)5-4-9-6-11(16)3-2-10(9)8-20(13)12(21)7-15/h2-3,6H,4-5,7-8H2,1H3/t13-/m1/s1. The molecule has 21 heavy (non-hydrogen) atoms. The highest BCUT2D eigenvalue weighted by molar-refractivity contribution is 9.09. The molecule has 1 amide bonds. The minimum atomic E-state index is -4.55. The zero-order chi connectivity index (χ0) is 15.8. The Bertz CT molecular complexity index is 560. The number of amides is 1. The van der Waals surface area contributed by atoms with Crippen LogP contribution in [-0.4, -0.2) is 27.9 Å². The van der Waals surface area contributed by atoms with Crippen molar-refractivity contribution in [3.05, 3.63) is 35.1 Å². The topological polar surface area (TPSA) is 20.3 Å². The van der Waals surface area contributed by atoms with Crippen LogP contribution in [0.4, 0.5) is 17.6 Å². The predicted octanol–water partition coefficient (Wildman–Crippen LogP) is 3.82. The number of benzene rings is 1. The highest BCUT2D eigenvalue weighted by Gasteiger charge is 2.56. The third kappa shape index (κ3) is 2.93. The van der Waals surface area contributed by atoms with Crippen molar-refractivity contribution in [2.75, 3.05) is 5.33 Å². The SMILES string of the molecule is C[C@]1(C(F)(F)F)CCc2cc(F)ccc2CN1C(=O)CBr. The predicted molar refractivity (Wildman–Crippen MR) is 73.5 cm³/mol. The van der Waals surface area contributed by atoms with E-state index in [0.717, 1.165) is 11.8 Å². The number of hydrogen-bond acceptors (Lipinski definition) is 1. The third-order valence-electron chi connectivity index (χ3n) is 4.00. The Kier molecular flexibility index (Phi) is 4.33. The molecular weight excluding hydrogens is 354 g/mol. The quantitative estimate of drug-likeness (QED) is 0.545. The van der Waals surface area contributed by atoms with Crippen LogP contribution in [0.15, 0.2) is 18.2 Å². The van der Waals surface area contributed by atoms with Crippen molar-refractivity contribution in [2.45, 2.75) is 38.0 Å². The Morgan fingerprint density at radius 3 is 2.62 bits per heavy atom. The lowest BCUT2D eigenvalue weighted by atomic mass is 9.92. The Hall–Kier alpha value is -1.11. The minimum absolute atomic E-state index is 0.0785. The fraction of sp³-hybridized carbons (Fsp3) is 0.500. The Labute approximate surface area is 128 Å². The molecule has 7 heteroatoms. The van der Waals surface area contributed by atoms with Crippen LogP contribution in [0.1, 0.15) is 24.5 Å². The van der Waals surface area contributed by atoms with E-state index in [4.69, 9.17) is 0 Å². The van der Waals surface area contributed by atoms with Crippen molar-refractivity contribution in [2.24, 2.45) is 0 Å². The molecule has 0 spiro atoms. The van der Waals surface area contributed by atoms with Crippen LogP contribution in [0.25, 0.3) is 0 Å². The first-order chi connectivity index (χ1) is 9.69. The van der Waals surface area contributed by atoms with E-state index in [2.05, 4.69) is 15.9 Å². The Morgan fingerprint density at radius 1 is 1.38 bits per heavy atom. The summed E-state index contributed by atoms with van der Waals surface area (Å²) >= 11 is 2.93. The molecule has 0 N–H and O–H groups in total. The van der Waals surface area contributed by atoms with Crippen LogP contribution >= 0.6 is 15.9 Å². The fourth-order valence-corrected chi connectivity index (χ4v) is 2.87. The lowest BCUT2D eigenvalue weighted by molar-refractivity contribution is -0.228. The maximum absolute atomic E-state index is 13.5. The lowest BCUT2D eigenvalue weighted by Gasteiger charge is -2.41. The first-order valence-corrected chi connectivity index (χ1v) is 7.51. The van der Waals surface area contributed by atoms with Gasteiger partial charge in [-0.2, -0.15) is 13.2 Å². The minimum Gasteiger partial charge on any atom is -0.323 e. The van der Waals surface area contributed by atoms with E-state index >= 15 is 0 Å². The summed E-state index contributed by atoms with van der Waals surface area (Å²) in [5.41, 5.74) is -1.18. The van der Waals surface area contributed by atoms with Crippen molar-refractivity contribution in [1.29, 1.82) is 0 Å². The van der Waals surface area contributed by atoms with E-state index in [9.17, 15) is 22.4 Å². The molecule has 116 valence electrons.